The molecule has 0 atom stereocenters. The molecule has 0 radical (unpaired) electrons. The molecule has 0 heterocycles. The van der Waals surface area contributed by atoms with Gasteiger partial charge in [0.1, 0.15) is 0 Å². The standard InChI is InChI=1S/C9H9F2.2C5H5.Ti/c1-2-3-7-4-5-8(10)6-9(7)11;2*1-2-4-5-3-1;/h4-5H,2-3H2,1H3;2*1-5H;. The van der Waals surface area contributed by atoms with Crippen molar-refractivity contribution in [3.8, 4) is 0 Å². The van der Waals surface area contributed by atoms with Crippen LogP contribution < -0.4 is 3.87 Å². The zero-order valence-electron chi connectivity index (χ0n) is 12.6. The first-order valence-corrected chi connectivity index (χ1v) is 10.3. The molecular formula is C19H19F2Ti. The number of aryl methyl sites for hydroxylation is 1. The summed E-state index contributed by atoms with van der Waals surface area (Å²) in [5, 5.41) is 0. The summed E-state index contributed by atoms with van der Waals surface area (Å²) in [6, 6.07) is 3.06. The number of halogens is 2. The first-order valence-electron chi connectivity index (χ1n) is 7.76. The summed E-state index contributed by atoms with van der Waals surface area (Å²) in [5.74, 6) is -0.658. The zero-order chi connectivity index (χ0) is 15.5. The average Bonchev–Trinajstić information content (AvgIpc) is 3.20. The molecule has 22 heavy (non-hydrogen) atoms. The molecule has 3 heteroatoms. The average molecular weight is 333 g/mol. The van der Waals surface area contributed by atoms with Crippen molar-refractivity contribution in [3.63, 3.8) is 0 Å². The summed E-state index contributed by atoms with van der Waals surface area (Å²) in [6.45, 7) is 2.02. The molecular weight excluding hydrogens is 314 g/mol. The van der Waals surface area contributed by atoms with Gasteiger partial charge in [-0.15, -0.1) is 0 Å². The maximum atomic E-state index is 15.0. The number of benzene rings is 1. The van der Waals surface area contributed by atoms with Crippen molar-refractivity contribution >= 4 is 3.87 Å². The second-order valence-corrected chi connectivity index (χ2v) is 9.98. The first-order chi connectivity index (χ1) is 10.7. The van der Waals surface area contributed by atoms with Gasteiger partial charge in [-0.05, 0) is 0 Å². The van der Waals surface area contributed by atoms with Crippen molar-refractivity contribution in [1.82, 2.24) is 0 Å². The van der Waals surface area contributed by atoms with Crippen LogP contribution in [0.5, 0.6) is 0 Å². The Morgan fingerprint density at radius 1 is 0.909 bits per heavy atom. The van der Waals surface area contributed by atoms with E-state index in [1.165, 1.54) is 6.07 Å². The van der Waals surface area contributed by atoms with Crippen LogP contribution >= 0.6 is 0 Å². The van der Waals surface area contributed by atoms with Gasteiger partial charge >= 0.3 is 137 Å². The van der Waals surface area contributed by atoms with Gasteiger partial charge in [0.25, 0.3) is 0 Å². The molecule has 0 N–H and O–H groups in total. The van der Waals surface area contributed by atoms with E-state index < -0.39 is 17.9 Å². The van der Waals surface area contributed by atoms with E-state index in [2.05, 4.69) is 24.3 Å². The third kappa shape index (κ3) is 2.95. The minimum absolute atomic E-state index is 0.193. The number of allylic oxidation sites excluding steroid dienone is 8. The van der Waals surface area contributed by atoms with Crippen LogP contribution in [0.2, 0.25) is 8.45 Å². The molecule has 2 aliphatic rings. The van der Waals surface area contributed by atoms with Gasteiger partial charge in [0.2, 0.25) is 0 Å². The number of hydrogen-bond donors (Lipinski definition) is 0. The third-order valence-electron chi connectivity index (χ3n) is 4.19. The Balaban J connectivity index is 2.09. The SMILES string of the molecule is CCCc1ccc(F)[c]([Ti]([CH]2C=CC=C2)[CH]2C=CC=C2)c1F. The van der Waals surface area contributed by atoms with Crippen molar-refractivity contribution in [2.75, 3.05) is 0 Å². The number of hydrogen-bond acceptors (Lipinski definition) is 0. The van der Waals surface area contributed by atoms with Crippen molar-refractivity contribution in [2.24, 2.45) is 0 Å². The predicted molar refractivity (Wildman–Crippen MR) is 84.0 cm³/mol. The second kappa shape index (κ2) is 6.89. The summed E-state index contributed by atoms with van der Waals surface area (Å²) < 4.78 is 30.3. The molecule has 0 aromatic heterocycles. The Kier molecular flexibility index (Phi) is 4.90. The van der Waals surface area contributed by atoms with Crippen molar-refractivity contribution in [1.29, 1.82) is 0 Å². The van der Waals surface area contributed by atoms with Crippen LogP contribution in [0.3, 0.4) is 0 Å². The van der Waals surface area contributed by atoms with Gasteiger partial charge in [-0.25, -0.2) is 0 Å². The Hall–Kier alpha value is -1.25. The Bertz CT molecular complexity index is 618. The maximum absolute atomic E-state index is 15.0. The van der Waals surface area contributed by atoms with Gasteiger partial charge < -0.3 is 0 Å². The molecule has 1 aromatic carbocycles. The minimum atomic E-state index is -2.26. The summed E-state index contributed by atoms with van der Waals surface area (Å²) in [5.41, 5.74) is 0.654. The van der Waals surface area contributed by atoms with Crippen LogP contribution in [0.4, 0.5) is 8.78 Å². The molecule has 0 unspecified atom stereocenters. The molecule has 2 aliphatic carbocycles. The summed E-state index contributed by atoms with van der Waals surface area (Å²) in [6.07, 6.45) is 17.9. The fourth-order valence-corrected chi connectivity index (χ4v) is 8.09. The van der Waals surface area contributed by atoms with Crippen molar-refractivity contribution < 1.29 is 26.7 Å². The second-order valence-electron chi connectivity index (χ2n) is 5.69. The van der Waals surface area contributed by atoms with Crippen LogP contribution in [0.25, 0.3) is 0 Å². The summed E-state index contributed by atoms with van der Waals surface area (Å²) in [7, 11) is 0. The summed E-state index contributed by atoms with van der Waals surface area (Å²) in [4.78, 5) is 0. The fraction of sp³-hybridized carbons (Fsp3) is 0.263. The Labute approximate surface area is 136 Å². The zero-order valence-corrected chi connectivity index (χ0v) is 14.2. The van der Waals surface area contributed by atoms with Crippen molar-refractivity contribution in [3.05, 3.63) is 77.9 Å². The van der Waals surface area contributed by atoms with Gasteiger partial charge in [-0.3, -0.25) is 0 Å². The van der Waals surface area contributed by atoms with Crippen LogP contribution in [0.15, 0.2) is 60.7 Å². The molecule has 1 aromatic rings. The normalized spacial score (nSPS) is 17.0. The van der Waals surface area contributed by atoms with E-state index in [-0.39, 0.29) is 20.1 Å². The number of rotatable bonds is 5. The van der Waals surface area contributed by atoms with Gasteiger partial charge in [0, 0.05) is 0 Å². The molecule has 0 spiro atoms. The molecule has 0 amide bonds. The topological polar surface area (TPSA) is 0 Å². The van der Waals surface area contributed by atoms with Gasteiger partial charge in [-0.2, -0.15) is 0 Å². The van der Waals surface area contributed by atoms with Crippen LogP contribution in [0, 0.1) is 11.6 Å². The van der Waals surface area contributed by atoms with E-state index in [4.69, 9.17) is 0 Å². The van der Waals surface area contributed by atoms with Crippen LogP contribution in [0.1, 0.15) is 18.9 Å². The van der Waals surface area contributed by atoms with E-state index in [0.29, 0.717) is 15.9 Å². The van der Waals surface area contributed by atoms with E-state index in [9.17, 15) is 8.78 Å². The molecule has 0 bridgehead atoms. The third-order valence-corrected chi connectivity index (χ3v) is 9.26. The van der Waals surface area contributed by atoms with Gasteiger partial charge in [-0.1, -0.05) is 0 Å². The molecule has 113 valence electrons. The quantitative estimate of drug-likeness (QED) is 0.666. The molecule has 0 aliphatic heterocycles. The van der Waals surface area contributed by atoms with E-state index in [0.717, 1.165) is 6.42 Å². The fourth-order valence-electron chi connectivity index (χ4n) is 3.16. The monoisotopic (exact) mass is 333 g/mol. The molecule has 3 rings (SSSR count). The first kappa shape index (κ1) is 15.6. The Morgan fingerprint density at radius 3 is 1.95 bits per heavy atom. The van der Waals surface area contributed by atoms with Crippen LogP contribution in [-0.4, -0.2) is 0 Å². The molecule has 0 saturated heterocycles. The molecule has 0 fully saturated rings. The molecule has 0 saturated carbocycles. The predicted octanol–water partition coefficient (Wildman–Crippen LogP) is 4.99. The van der Waals surface area contributed by atoms with E-state index in [1.54, 1.807) is 6.07 Å². The van der Waals surface area contributed by atoms with Gasteiger partial charge in [0.15, 0.2) is 0 Å². The van der Waals surface area contributed by atoms with E-state index >= 15 is 0 Å². The van der Waals surface area contributed by atoms with Gasteiger partial charge in [0.05, 0.1) is 0 Å². The van der Waals surface area contributed by atoms with Crippen molar-refractivity contribution in [2.45, 2.75) is 28.2 Å². The molecule has 0 nitrogen and oxygen atoms in total. The summed E-state index contributed by atoms with van der Waals surface area (Å²) >= 11 is -2.26. The van der Waals surface area contributed by atoms with E-state index in [1.807, 2.05) is 31.2 Å². The Morgan fingerprint density at radius 2 is 1.45 bits per heavy atom. The van der Waals surface area contributed by atoms with Crippen LogP contribution in [-0.2, 0) is 24.3 Å².